The normalized spacial score (nSPS) is 16.6. The molecule has 0 aliphatic carbocycles. The van der Waals surface area contributed by atoms with Crippen LogP contribution in [-0.2, 0) is 0 Å². The Morgan fingerprint density at radius 1 is 1.05 bits per heavy atom. The van der Waals surface area contributed by atoms with Gasteiger partial charge in [0.1, 0.15) is 11.9 Å². The summed E-state index contributed by atoms with van der Waals surface area (Å²) >= 11 is 6.06. The number of ether oxygens (including phenoxy) is 2. The van der Waals surface area contributed by atoms with Crippen LogP contribution < -0.4 is 15.2 Å². The molecule has 98 valence electrons. The van der Waals surface area contributed by atoms with E-state index in [1.54, 1.807) is 0 Å². The van der Waals surface area contributed by atoms with Gasteiger partial charge in [0.15, 0.2) is 11.5 Å². The number of fused-ring (bicyclic) bond motifs is 2. The predicted octanol–water partition coefficient (Wildman–Crippen LogP) is 3.91. The standard InChI is InChI=1S/C15H14ClNO2/c16-10-5-6-12-11(9-10)13(7-8-17)19-15-4-2-1-3-14(15)18-12/h1-6,9,13H,7-8,17H2. The molecule has 1 heterocycles. The lowest BCUT2D eigenvalue weighted by atomic mass is 10.1. The molecule has 0 amide bonds. The smallest absolute Gasteiger partial charge is 0.169 e. The first-order valence-electron chi connectivity index (χ1n) is 6.21. The van der Waals surface area contributed by atoms with Crippen LogP contribution >= 0.6 is 11.6 Å². The summed E-state index contributed by atoms with van der Waals surface area (Å²) in [4.78, 5) is 0. The van der Waals surface area contributed by atoms with Crippen LogP contribution in [0.3, 0.4) is 0 Å². The summed E-state index contributed by atoms with van der Waals surface area (Å²) in [6.07, 6.45) is 0.577. The molecule has 0 radical (unpaired) electrons. The van der Waals surface area contributed by atoms with Crippen molar-refractivity contribution in [2.45, 2.75) is 12.5 Å². The van der Waals surface area contributed by atoms with Crippen LogP contribution in [0.4, 0.5) is 0 Å². The molecule has 2 aromatic rings. The molecule has 3 rings (SSSR count). The summed E-state index contributed by atoms with van der Waals surface area (Å²) in [7, 11) is 0. The Morgan fingerprint density at radius 3 is 2.63 bits per heavy atom. The van der Waals surface area contributed by atoms with E-state index in [1.807, 2.05) is 42.5 Å². The van der Waals surface area contributed by atoms with Crippen LogP contribution in [0.25, 0.3) is 0 Å². The van der Waals surface area contributed by atoms with Crippen LogP contribution in [0.15, 0.2) is 42.5 Å². The van der Waals surface area contributed by atoms with Gasteiger partial charge in [-0.2, -0.15) is 0 Å². The molecule has 0 fully saturated rings. The molecule has 0 bridgehead atoms. The van der Waals surface area contributed by atoms with Crippen LogP contribution in [0.5, 0.6) is 17.2 Å². The Morgan fingerprint density at radius 2 is 1.84 bits per heavy atom. The first-order valence-corrected chi connectivity index (χ1v) is 6.59. The topological polar surface area (TPSA) is 44.5 Å². The SMILES string of the molecule is NCCC1Oc2ccccc2Oc2ccc(Cl)cc21. The number of hydrogen-bond acceptors (Lipinski definition) is 3. The molecule has 2 N–H and O–H groups in total. The lowest BCUT2D eigenvalue weighted by Gasteiger charge is -2.17. The molecular weight excluding hydrogens is 262 g/mol. The summed E-state index contributed by atoms with van der Waals surface area (Å²) in [5.74, 6) is 2.21. The third-order valence-electron chi connectivity index (χ3n) is 3.09. The molecule has 0 saturated heterocycles. The van der Waals surface area contributed by atoms with Crippen molar-refractivity contribution in [2.75, 3.05) is 6.54 Å². The Labute approximate surface area is 116 Å². The van der Waals surface area contributed by atoms with Crippen LogP contribution in [0.2, 0.25) is 5.02 Å². The van der Waals surface area contributed by atoms with Gasteiger partial charge in [-0.3, -0.25) is 0 Å². The van der Waals surface area contributed by atoms with Crippen molar-refractivity contribution >= 4 is 11.6 Å². The van der Waals surface area contributed by atoms with Gasteiger partial charge in [0.2, 0.25) is 0 Å². The van der Waals surface area contributed by atoms with Crippen molar-refractivity contribution in [2.24, 2.45) is 5.73 Å². The lowest BCUT2D eigenvalue weighted by Crippen LogP contribution is -2.12. The van der Waals surface area contributed by atoms with Gasteiger partial charge in [0.05, 0.1) is 0 Å². The number of para-hydroxylation sites is 2. The van der Waals surface area contributed by atoms with Crippen molar-refractivity contribution in [3.8, 4) is 17.2 Å². The number of hydrogen-bond donors (Lipinski definition) is 1. The van der Waals surface area contributed by atoms with Gasteiger partial charge in [0, 0.05) is 17.0 Å². The summed E-state index contributed by atoms with van der Waals surface area (Å²) < 4.78 is 11.9. The quantitative estimate of drug-likeness (QED) is 0.904. The molecule has 3 nitrogen and oxygen atoms in total. The molecule has 1 atom stereocenters. The van der Waals surface area contributed by atoms with E-state index < -0.39 is 0 Å². The van der Waals surface area contributed by atoms with E-state index in [0.717, 1.165) is 17.1 Å². The number of nitrogens with two attached hydrogens (primary N) is 1. The summed E-state index contributed by atoms with van der Waals surface area (Å²) in [5, 5.41) is 0.666. The zero-order chi connectivity index (χ0) is 13.2. The van der Waals surface area contributed by atoms with Gasteiger partial charge in [-0.1, -0.05) is 23.7 Å². The third-order valence-corrected chi connectivity index (χ3v) is 3.32. The van der Waals surface area contributed by atoms with E-state index in [0.29, 0.717) is 23.7 Å². The minimum absolute atomic E-state index is 0.137. The summed E-state index contributed by atoms with van der Waals surface area (Å²) in [5.41, 5.74) is 6.61. The average molecular weight is 276 g/mol. The first-order chi connectivity index (χ1) is 9.28. The second-order valence-corrected chi connectivity index (χ2v) is 4.85. The fourth-order valence-electron chi connectivity index (χ4n) is 2.20. The highest BCUT2D eigenvalue weighted by Crippen LogP contribution is 2.43. The molecule has 1 aliphatic heterocycles. The molecule has 19 heavy (non-hydrogen) atoms. The van der Waals surface area contributed by atoms with Gasteiger partial charge in [0.25, 0.3) is 0 Å². The second kappa shape index (κ2) is 5.11. The number of rotatable bonds is 2. The van der Waals surface area contributed by atoms with Crippen molar-refractivity contribution in [1.82, 2.24) is 0 Å². The Hall–Kier alpha value is -1.71. The average Bonchev–Trinajstić information content (AvgIpc) is 2.56. The van der Waals surface area contributed by atoms with Gasteiger partial charge in [-0.05, 0) is 36.9 Å². The van der Waals surface area contributed by atoms with Crippen molar-refractivity contribution < 1.29 is 9.47 Å². The Balaban J connectivity index is 2.10. The maximum absolute atomic E-state index is 6.06. The highest BCUT2D eigenvalue weighted by atomic mass is 35.5. The van der Waals surface area contributed by atoms with E-state index in [2.05, 4.69) is 0 Å². The lowest BCUT2D eigenvalue weighted by molar-refractivity contribution is 0.200. The van der Waals surface area contributed by atoms with Gasteiger partial charge in [-0.15, -0.1) is 0 Å². The Kier molecular flexibility index (Phi) is 3.32. The highest BCUT2D eigenvalue weighted by Gasteiger charge is 2.24. The Bertz CT molecular complexity index is 600. The van der Waals surface area contributed by atoms with Crippen molar-refractivity contribution in [3.63, 3.8) is 0 Å². The highest BCUT2D eigenvalue weighted by molar-refractivity contribution is 6.30. The molecule has 1 unspecified atom stereocenters. The second-order valence-electron chi connectivity index (χ2n) is 4.41. The molecular formula is C15H14ClNO2. The summed E-state index contributed by atoms with van der Waals surface area (Å²) in [6.45, 7) is 0.540. The van der Waals surface area contributed by atoms with Crippen molar-refractivity contribution in [3.05, 3.63) is 53.1 Å². The molecule has 0 aromatic heterocycles. The van der Waals surface area contributed by atoms with Crippen LogP contribution in [0, 0.1) is 0 Å². The van der Waals surface area contributed by atoms with Crippen LogP contribution in [0.1, 0.15) is 18.1 Å². The van der Waals surface area contributed by atoms with E-state index in [9.17, 15) is 0 Å². The monoisotopic (exact) mass is 275 g/mol. The zero-order valence-corrected chi connectivity index (χ0v) is 11.1. The van der Waals surface area contributed by atoms with Gasteiger partial charge >= 0.3 is 0 Å². The minimum Gasteiger partial charge on any atom is -0.482 e. The summed E-state index contributed by atoms with van der Waals surface area (Å²) in [6, 6.07) is 13.2. The largest absolute Gasteiger partial charge is 0.482 e. The maximum Gasteiger partial charge on any atom is 0.169 e. The predicted molar refractivity (Wildman–Crippen MR) is 75.0 cm³/mol. The van der Waals surface area contributed by atoms with E-state index >= 15 is 0 Å². The van der Waals surface area contributed by atoms with Crippen LogP contribution in [-0.4, -0.2) is 6.54 Å². The van der Waals surface area contributed by atoms with E-state index in [-0.39, 0.29) is 6.10 Å². The van der Waals surface area contributed by atoms with E-state index in [1.165, 1.54) is 0 Å². The van der Waals surface area contributed by atoms with Crippen molar-refractivity contribution in [1.29, 1.82) is 0 Å². The fraction of sp³-hybridized carbons (Fsp3) is 0.200. The molecule has 4 heteroatoms. The molecule has 0 saturated carbocycles. The first kappa shape index (κ1) is 12.3. The fourth-order valence-corrected chi connectivity index (χ4v) is 2.38. The minimum atomic E-state index is -0.137. The number of halogens is 1. The molecule has 2 aromatic carbocycles. The zero-order valence-electron chi connectivity index (χ0n) is 10.3. The maximum atomic E-state index is 6.06. The molecule has 0 spiro atoms. The van der Waals surface area contributed by atoms with Gasteiger partial charge in [-0.25, -0.2) is 0 Å². The molecule has 1 aliphatic rings. The third kappa shape index (κ3) is 2.39. The number of benzene rings is 2. The van der Waals surface area contributed by atoms with Gasteiger partial charge < -0.3 is 15.2 Å². The van der Waals surface area contributed by atoms with E-state index in [4.69, 9.17) is 26.8 Å².